The van der Waals surface area contributed by atoms with Gasteiger partial charge in [-0.2, -0.15) is 13.2 Å². The minimum atomic E-state index is -4.80. The lowest BCUT2D eigenvalue weighted by Gasteiger charge is -2.12. The van der Waals surface area contributed by atoms with Crippen molar-refractivity contribution in [3.63, 3.8) is 0 Å². The van der Waals surface area contributed by atoms with E-state index in [1.165, 1.54) is 6.07 Å². The molecule has 1 aliphatic heterocycles. The van der Waals surface area contributed by atoms with Crippen molar-refractivity contribution in [2.75, 3.05) is 5.32 Å². The Hall–Kier alpha value is -2.68. The highest BCUT2D eigenvalue weighted by atomic mass is 35.5. The lowest BCUT2D eigenvalue weighted by molar-refractivity contribution is -0.144. The number of alkyl halides is 5. The molecule has 0 spiro atoms. The number of benzene rings is 1. The third kappa shape index (κ3) is 2.91. The van der Waals surface area contributed by atoms with Gasteiger partial charge in [0.15, 0.2) is 5.65 Å². The van der Waals surface area contributed by atoms with Gasteiger partial charge in [0, 0.05) is 29.4 Å². The topological polar surface area (TPSA) is 42.2 Å². The monoisotopic (exact) mass is 400 g/mol. The molecule has 27 heavy (non-hydrogen) atoms. The van der Waals surface area contributed by atoms with Gasteiger partial charge in [0.05, 0.1) is 10.7 Å². The van der Waals surface area contributed by atoms with Crippen molar-refractivity contribution >= 4 is 22.9 Å². The highest BCUT2D eigenvalue weighted by Gasteiger charge is 2.37. The molecule has 4 rings (SSSR count). The predicted molar refractivity (Wildman–Crippen MR) is 89.9 cm³/mol. The number of anilines is 1. The van der Waals surface area contributed by atoms with Gasteiger partial charge in [0.25, 0.3) is 12.2 Å². The molecule has 0 unspecified atom stereocenters. The maximum Gasteiger partial charge on any atom is 0.453 e. The molecule has 0 radical (unpaired) electrons. The zero-order valence-corrected chi connectivity index (χ0v) is 14.2. The number of hydrogen-bond donors (Lipinski definition) is 1. The molecular weight excluding hydrogens is 391 g/mol. The van der Waals surface area contributed by atoms with Gasteiger partial charge in [-0.15, -0.1) is 5.10 Å². The molecule has 0 aliphatic carbocycles. The van der Waals surface area contributed by atoms with Crippen LogP contribution in [0.2, 0.25) is 5.02 Å². The first-order valence-electron chi connectivity index (χ1n) is 7.67. The van der Waals surface area contributed by atoms with Gasteiger partial charge in [0.2, 0.25) is 0 Å². The molecular formula is C17H10ClF5N4. The second-order valence-electron chi connectivity index (χ2n) is 6.05. The second kappa shape index (κ2) is 5.91. The van der Waals surface area contributed by atoms with Crippen LogP contribution in [0.5, 0.6) is 0 Å². The van der Waals surface area contributed by atoms with Crippen LogP contribution in [0.25, 0.3) is 16.8 Å². The maximum atomic E-state index is 13.6. The van der Waals surface area contributed by atoms with Crippen LogP contribution in [0.4, 0.5) is 27.6 Å². The van der Waals surface area contributed by atoms with Gasteiger partial charge in [-0.3, -0.25) is 0 Å². The van der Waals surface area contributed by atoms with Crippen molar-refractivity contribution in [3.05, 3.63) is 58.6 Å². The number of pyridine rings is 1. The minimum Gasteiger partial charge on any atom is -0.358 e. The van der Waals surface area contributed by atoms with E-state index in [1.54, 1.807) is 6.07 Å². The van der Waals surface area contributed by atoms with Gasteiger partial charge in [-0.25, -0.2) is 18.3 Å². The molecule has 3 aromatic rings. The number of fused-ring (bicyclic) bond motifs is 2. The van der Waals surface area contributed by atoms with E-state index in [1.807, 2.05) is 0 Å². The number of halogens is 6. The van der Waals surface area contributed by atoms with E-state index in [-0.39, 0.29) is 21.8 Å². The predicted octanol–water partition coefficient (Wildman–Crippen LogP) is 5.49. The van der Waals surface area contributed by atoms with Crippen molar-refractivity contribution in [2.24, 2.45) is 0 Å². The first-order valence-corrected chi connectivity index (χ1v) is 8.05. The van der Waals surface area contributed by atoms with E-state index in [0.717, 1.165) is 16.8 Å². The summed E-state index contributed by atoms with van der Waals surface area (Å²) in [6, 6.07) is 4.03. The van der Waals surface area contributed by atoms with Gasteiger partial charge in [-0.1, -0.05) is 18.2 Å². The summed E-state index contributed by atoms with van der Waals surface area (Å²) in [4.78, 5) is 3.46. The first-order chi connectivity index (χ1) is 12.6. The fourth-order valence-electron chi connectivity index (χ4n) is 3.10. The van der Waals surface area contributed by atoms with E-state index in [2.05, 4.69) is 22.0 Å². The highest BCUT2D eigenvalue weighted by Crippen LogP contribution is 2.42. The number of hydrogen-bond acceptors (Lipinski definition) is 3. The molecule has 0 amide bonds. The molecule has 2 aromatic heterocycles. The molecule has 0 saturated heterocycles. The van der Waals surface area contributed by atoms with Gasteiger partial charge >= 0.3 is 6.18 Å². The Morgan fingerprint density at radius 1 is 1.26 bits per heavy atom. The Morgan fingerprint density at radius 3 is 2.67 bits per heavy atom. The fourth-order valence-corrected chi connectivity index (χ4v) is 3.38. The fraction of sp³-hybridized carbons (Fsp3) is 0.176. The lowest BCUT2D eigenvalue weighted by Crippen LogP contribution is -2.07. The summed E-state index contributed by atoms with van der Waals surface area (Å²) < 4.78 is 66.9. The summed E-state index contributed by atoms with van der Waals surface area (Å²) >= 11 is 6.24. The summed E-state index contributed by atoms with van der Waals surface area (Å²) in [6.07, 6.45) is -6.26. The zero-order valence-electron chi connectivity index (χ0n) is 13.4. The average Bonchev–Trinajstić information content (AvgIpc) is 3.16. The molecule has 1 aromatic carbocycles. The maximum absolute atomic E-state index is 13.6. The van der Waals surface area contributed by atoms with E-state index < -0.39 is 24.0 Å². The summed E-state index contributed by atoms with van der Waals surface area (Å²) in [6.45, 7) is 3.80. The summed E-state index contributed by atoms with van der Waals surface area (Å²) in [5.74, 6) is -1.41. The second-order valence-corrected chi connectivity index (χ2v) is 6.45. The molecule has 0 saturated carbocycles. The zero-order chi connectivity index (χ0) is 19.5. The van der Waals surface area contributed by atoms with E-state index in [4.69, 9.17) is 11.6 Å². The highest BCUT2D eigenvalue weighted by molar-refractivity contribution is 6.34. The molecule has 10 heteroatoms. The van der Waals surface area contributed by atoms with Crippen molar-refractivity contribution in [1.82, 2.24) is 14.6 Å². The standard InChI is InChI=1S/C17H10ClF5N4/c1-7-4-9-5-8(6-11(18)13(9)24-7)12-10(14(19)20)2-3-27-15(12)25-16(26-27)17(21,22)23/h2-3,5-6,14,24H,1,4H2. The summed E-state index contributed by atoms with van der Waals surface area (Å²) in [5.41, 5.74) is 1.31. The Kier molecular flexibility index (Phi) is 3.88. The van der Waals surface area contributed by atoms with Crippen LogP contribution >= 0.6 is 11.6 Å². The smallest absolute Gasteiger partial charge is 0.358 e. The molecule has 3 heterocycles. The third-order valence-electron chi connectivity index (χ3n) is 4.19. The number of rotatable bonds is 2. The van der Waals surface area contributed by atoms with Crippen LogP contribution < -0.4 is 5.32 Å². The molecule has 0 atom stereocenters. The average molecular weight is 401 g/mol. The quantitative estimate of drug-likeness (QED) is 0.578. The third-order valence-corrected chi connectivity index (χ3v) is 4.49. The van der Waals surface area contributed by atoms with Crippen LogP contribution in [-0.4, -0.2) is 14.6 Å². The minimum absolute atomic E-state index is 0.141. The van der Waals surface area contributed by atoms with Crippen molar-refractivity contribution < 1.29 is 22.0 Å². The van der Waals surface area contributed by atoms with Crippen LogP contribution in [0.3, 0.4) is 0 Å². The van der Waals surface area contributed by atoms with E-state index in [9.17, 15) is 22.0 Å². The van der Waals surface area contributed by atoms with Gasteiger partial charge in [-0.05, 0) is 29.3 Å². The summed E-state index contributed by atoms with van der Waals surface area (Å²) in [7, 11) is 0. The Bertz CT molecular complexity index is 1090. The van der Waals surface area contributed by atoms with E-state index in [0.29, 0.717) is 23.4 Å². The molecule has 0 bridgehead atoms. The number of aromatic nitrogens is 3. The van der Waals surface area contributed by atoms with Crippen LogP contribution in [0.15, 0.2) is 36.7 Å². The lowest BCUT2D eigenvalue weighted by atomic mass is 9.98. The number of nitrogens with zero attached hydrogens (tertiary/aromatic N) is 3. The molecule has 1 N–H and O–H groups in total. The first kappa shape index (κ1) is 17.7. The summed E-state index contributed by atoms with van der Waals surface area (Å²) in [5, 5.41) is 6.59. The molecule has 0 fully saturated rings. The Labute approximate surface area is 154 Å². The van der Waals surface area contributed by atoms with Crippen LogP contribution in [-0.2, 0) is 12.6 Å². The number of allylic oxidation sites excluding steroid dienone is 1. The molecule has 1 aliphatic rings. The van der Waals surface area contributed by atoms with E-state index >= 15 is 0 Å². The SMILES string of the molecule is C=C1Cc2cc(-c3c(C(F)F)ccn4nc(C(F)(F)F)nc34)cc(Cl)c2N1. The molecule has 4 nitrogen and oxygen atoms in total. The van der Waals surface area contributed by atoms with Gasteiger partial charge in [0.1, 0.15) is 0 Å². The largest absolute Gasteiger partial charge is 0.453 e. The van der Waals surface area contributed by atoms with Crippen molar-refractivity contribution in [1.29, 1.82) is 0 Å². The van der Waals surface area contributed by atoms with Crippen molar-refractivity contribution in [3.8, 4) is 11.1 Å². The van der Waals surface area contributed by atoms with Crippen LogP contribution in [0, 0.1) is 0 Å². The Balaban J connectivity index is 2.01. The van der Waals surface area contributed by atoms with Crippen molar-refractivity contribution in [2.45, 2.75) is 19.0 Å². The van der Waals surface area contributed by atoms with Crippen LogP contribution in [0.1, 0.15) is 23.4 Å². The Morgan fingerprint density at radius 2 is 2.00 bits per heavy atom. The molecule has 140 valence electrons. The van der Waals surface area contributed by atoms with Gasteiger partial charge < -0.3 is 5.32 Å². The number of nitrogens with one attached hydrogen (secondary N) is 1. The normalized spacial score (nSPS) is 14.1.